The van der Waals surface area contributed by atoms with Crippen molar-refractivity contribution in [3.8, 4) is 0 Å². The van der Waals surface area contributed by atoms with E-state index in [2.05, 4.69) is 36.2 Å². The Labute approximate surface area is 139 Å². The van der Waals surface area contributed by atoms with Gasteiger partial charge in [-0.3, -0.25) is 4.79 Å². The zero-order valence-electron chi connectivity index (χ0n) is 13.3. The van der Waals surface area contributed by atoms with Crippen molar-refractivity contribution < 1.29 is 4.79 Å². The van der Waals surface area contributed by atoms with Crippen molar-refractivity contribution in [2.45, 2.75) is 32.6 Å². The maximum Gasteiger partial charge on any atom is 0.224 e. The summed E-state index contributed by atoms with van der Waals surface area (Å²) in [6.45, 7) is 6.11. The number of aryl methyl sites for hydroxylation is 2. The molecule has 2 aromatic rings. The molecule has 4 heteroatoms. The van der Waals surface area contributed by atoms with Gasteiger partial charge in [0.15, 0.2) is 0 Å². The van der Waals surface area contributed by atoms with Crippen LogP contribution in [0.2, 0.25) is 0 Å². The van der Waals surface area contributed by atoms with Gasteiger partial charge in [-0.25, -0.2) is 0 Å². The number of halogens is 1. The first kappa shape index (κ1) is 16.8. The molecule has 0 aliphatic rings. The summed E-state index contributed by atoms with van der Waals surface area (Å²) in [6, 6.07) is 16.5. The van der Waals surface area contributed by atoms with Crippen molar-refractivity contribution >= 4 is 26.0 Å². The average Bonchev–Trinajstić information content (AvgIpc) is 2.50. The van der Waals surface area contributed by atoms with Gasteiger partial charge >= 0.3 is 0 Å². The van der Waals surface area contributed by atoms with Gasteiger partial charge in [0.05, 0.1) is 5.41 Å². The van der Waals surface area contributed by atoms with Gasteiger partial charge in [-0.2, -0.15) is 0 Å². The molecule has 0 saturated carbocycles. The van der Waals surface area contributed by atoms with Crippen LogP contribution < -0.4 is 4.98 Å². The standard InChI is InChI=1S/C18H22ClNOSi/c1-13-4-8-15(9-5-13)12-18(3,17(21)20-22-19)16-10-6-14(2)7-11-16/h4-11H,12,22H2,1-3H3,(H,20,21). The molecule has 1 amide bonds. The topological polar surface area (TPSA) is 29.1 Å². The Morgan fingerprint density at radius 2 is 1.55 bits per heavy atom. The van der Waals surface area contributed by atoms with Gasteiger partial charge < -0.3 is 4.98 Å². The van der Waals surface area contributed by atoms with E-state index in [0.29, 0.717) is 6.42 Å². The smallest absolute Gasteiger partial charge is 0.224 e. The molecule has 2 nitrogen and oxygen atoms in total. The highest BCUT2D eigenvalue weighted by Crippen LogP contribution is 2.29. The second kappa shape index (κ2) is 7.12. The Morgan fingerprint density at radius 3 is 2.05 bits per heavy atom. The van der Waals surface area contributed by atoms with Gasteiger partial charge in [-0.1, -0.05) is 59.7 Å². The molecular weight excluding hydrogens is 310 g/mol. The van der Waals surface area contributed by atoms with Crippen molar-refractivity contribution in [1.29, 1.82) is 0 Å². The number of benzene rings is 2. The zero-order valence-corrected chi connectivity index (χ0v) is 15.5. The fraction of sp³-hybridized carbons (Fsp3) is 0.278. The Kier molecular flexibility index (Phi) is 5.43. The number of nitrogens with one attached hydrogen (secondary N) is 1. The van der Waals surface area contributed by atoms with Crippen molar-refractivity contribution in [3.05, 3.63) is 70.8 Å². The highest BCUT2D eigenvalue weighted by molar-refractivity contribution is 6.93. The van der Waals surface area contributed by atoms with Gasteiger partial charge in [0.2, 0.25) is 14.9 Å². The summed E-state index contributed by atoms with van der Waals surface area (Å²) in [6.07, 6.45) is 0.660. The molecule has 2 aromatic carbocycles. The van der Waals surface area contributed by atoms with Crippen LogP contribution in [0.5, 0.6) is 0 Å². The van der Waals surface area contributed by atoms with Crippen LogP contribution in [0.3, 0.4) is 0 Å². The first-order valence-corrected chi connectivity index (χ1v) is 10.3. The van der Waals surface area contributed by atoms with E-state index in [0.717, 1.165) is 11.1 Å². The summed E-state index contributed by atoms with van der Waals surface area (Å²) in [5.41, 5.74) is 3.98. The van der Waals surface area contributed by atoms with Gasteiger partial charge in [0.25, 0.3) is 0 Å². The molecule has 2 rings (SSSR count). The Bertz CT molecular complexity index is 639. The quantitative estimate of drug-likeness (QED) is 0.662. The van der Waals surface area contributed by atoms with E-state index >= 15 is 0 Å². The Hall–Kier alpha value is -1.58. The Balaban J connectivity index is 2.38. The summed E-state index contributed by atoms with van der Waals surface area (Å²) in [5.74, 6) is 0.0126. The lowest BCUT2D eigenvalue weighted by Gasteiger charge is -2.29. The predicted molar refractivity (Wildman–Crippen MR) is 96.0 cm³/mol. The van der Waals surface area contributed by atoms with Crippen molar-refractivity contribution in [3.63, 3.8) is 0 Å². The van der Waals surface area contributed by atoms with Gasteiger partial charge in [-0.05, 0) is 38.3 Å². The molecule has 0 aromatic heterocycles. The van der Waals surface area contributed by atoms with Crippen molar-refractivity contribution in [2.75, 3.05) is 0 Å². The number of amides is 1. The highest BCUT2D eigenvalue weighted by Gasteiger charge is 2.34. The number of rotatable bonds is 5. The summed E-state index contributed by atoms with van der Waals surface area (Å²) < 4.78 is 0. The minimum absolute atomic E-state index is 0.0126. The fourth-order valence-electron chi connectivity index (χ4n) is 2.60. The largest absolute Gasteiger partial charge is 0.373 e. The number of hydrogen-bond acceptors (Lipinski definition) is 1. The molecule has 22 heavy (non-hydrogen) atoms. The normalized spacial score (nSPS) is 14.0. The molecular formula is C18H22ClNOSi. The molecule has 1 unspecified atom stereocenters. The molecule has 1 N–H and O–H groups in total. The second-order valence-corrected chi connectivity index (χ2v) is 7.42. The molecule has 0 radical (unpaired) electrons. The van der Waals surface area contributed by atoms with Crippen LogP contribution in [0, 0.1) is 13.8 Å². The minimum atomic E-state index is -1.05. The maximum absolute atomic E-state index is 12.7. The lowest BCUT2D eigenvalue weighted by molar-refractivity contribution is -0.124. The second-order valence-electron chi connectivity index (χ2n) is 6.00. The lowest BCUT2D eigenvalue weighted by Crippen LogP contribution is -2.44. The van der Waals surface area contributed by atoms with Crippen LogP contribution in [0.4, 0.5) is 0 Å². The van der Waals surface area contributed by atoms with E-state index in [1.54, 1.807) is 0 Å². The third-order valence-electron chi connectivity index (χ3n) is 4.10. The monoisotopic (exact) mass is 331 g/mol. The van der Waals surface area contributed by atoms with Crippen molar-refractivity contribution in [2.24, 2.45) is 0 Å². The van der Waals surface area contributed by atoms with Crippen LogP contribution >= 0.6 is 11.1 Å². The SMILES string of the molecule is Cc1ccc(CC(C)(C(=O)N[SiH2]Cl)c2ccc(C)cc2)cc1. The van der Waals surface area contributed by atoms with E-state index in [1.165, 1.54) is 11.1 Å². The molecule has 1 atom stereocenters. The van der Waals surface area contributed by atoms with Crippen LogP contribution in [-0.4, -0.2) is 14.9 Å². The third-order valence-corrected chi connectivity index (χ3v) is 4.95. The van der Waals surface area contributed by atoms with E-state index in [9.17, 15) is 4.79 Å². The van der Waals surface area contributed by atoms with E-state index in [-0.39, 0.29) is 5.91 Å². The third kappa shape index (κ3) is 3.79. The highest BCUT2D eigenvalue weighted by atomic mass is 35.6. The summed E-state index contributed by atoms with van der Waals surface area (Å²) in [7, 11) is -1.05. The van der Waals surface area contributed by atoms with Crippen LogP contribution in [0.15, 0.2) is 48.5 Å². The molecule has 0 spiro atoms. The summed E-state index contributed by atoms with van der Waals surface area (Å²) >= 11 is 5.85. The summed E-state index contributed by atoms with van der Waals surface area (Å²) in [5, 5.41) is 0. The number of hydrogen-bond donors (Lipinski definition) is 1. The maximum atomic E-state index is 12.7. The Morgan fingerprint density at radius 1 is 1.05 bits per heavy atom. The molecule has 0 saturated heterocycles. The number of carbonyl (C=O) groups excluding carboxylic acids is 1. The molecule has 0 bridgehead atoms. The van der Waals surface area contributed by atoms with Gasteiger partial charge in [0, 0.05) is 0 Å². The molecule has 0 aliphatic heterocycles. The average molecular weight is 332 g/mol. The zero-order chi connectivity index (χ0) is 16.2. The lowest BCUT2D eigenvalue weighted by atomic mass is 9.76. The fourth-order valence-corrected chi connectivity index (χ4v) is 3.48. The first-order valence-electron chi connectivity index (χ1n) is 7.42. The van der Waals surface area contributed by atoms with Gasteiger partial charge in [-0.15, -0.1) is 11.1 Å². The van der Waals surface area contributed by atoms with Crippen LogP contribution in [0.25, 0.3) is 0 Å². The number of carbonyl (C=O) groups is 1. The minimum Gasteiger partial charge on any atom is -0.373 e. The van der Waals surface area contributed by atoms with Crippen molar-refractivity contribution in [1.82, 2.24) is 4.98 Å². The van der Waals surface area contributed by atoms with Crippen LogP contribution in [-0.2, 0) is 16.6 Å². The molecule has 0 aliphatic carbocycles. The van der Waals surface area contributed by atoms with E-state index in [4.69, 9.17) is 11.1 Å². The molecule has 0 heterocycles. The summed E-state index contributed by atoms with van der Waals surface area (Å²) in [4.78, 5) is 15.6. The van der Waals surface area contributed by atoms with Gasteiger partial charge in [0.1, 0.15) is 0 Å². The van der Waals surface area contributed by atoms with Crippen LogP contribution in [0.1, 0.15) is 29.2 Å². The predicted octanol–water partition coefficient (Wildman–Crippen LogP) is 3.16. The first-order chi connectivity index (χ1) is 10.5. The molecule has 0 fully saturated rings. The molecule has 116 valence electrons. The van der Waals surface area contributed by atoms with E-state index in [1.807, 2.05) is 38.1 Å². The van der Waals surface area contributed by atoms with E-state index < -0.39 is 14.4 Å².